The van der Waals surface area contributed by atoms with Crippen molar-refractivity contribution in [2.45, 2.75) is 6.92 Å². The molecule has 0 aliphatic heterocycles. The normalized spacial score (nSPS) is 11.2. The fourth-order valence-electron chi connectivity index (χ4n) is 2.32. The Morgan fingerprint density at radius 3 is 2.12 bits per heavy atom. The lowest BCUT2D eigenvalue weighted by molar-refractivity contribution is 0.415. The molecule has 3 aromatic rings. The minimum absolute atomic E-state index is 0.811. The van der Waals surface area contributed by atoms with Crippen molar-refractivity contribution in [1.29, 1.82) is 0 Å². The Morgan fingerprint density at radius 2 is 1.50 bits per heavy atom. The molecule has 0 saturated carbocycles. The first-order chi connectivity index (χ1) is 11.7. The highest BCUT2D eigenvalue weighted by Crippen LogP contribution is 2.20. The molecule has 0 amide bonds. The van der Waals surface area contributed by atoms with Crippen LogP contribution in [0.15, 0.2) is 83.9 Å². The first-order valence-corrected chi connectivity index (χ1v) is 7.86. The molecule has 3 heteroatoms. The Bertz CT molecular complexity index is 807. The Hall–Kier alpha value is -3.07. The molecule has 0 aromatic heterocycles. The number of anilines is 1. The monoisotopic (exact) mass is 316 g/mol. The number of methoxy groups -OCH3 is 1. The molecule has 3 aromatic carbocycles. The third-order valence-electron chi connectivity index (χ3n) is 3.67. The molecule has 0 bridgehead atoms. The van der Waals surface area contributed by atoms with Gasteiger partial charge in [0, 0.05) is 11.3 Å². The second-order valence-electron chi connectivity index (χ2n) is 5.52. The van der Waals surface area contributed by atoms with Crippen LogP contribution in [0.1, 0.15) is 11.1 Å². The zero-order valence-electron chi connectivity index (χ0n) is 13.9. The van der Waals surface area contributed by atoms with Gasteiger partial charge in [-0.3, -0.25) is 0 Å². The molecule has 0 aliphatic rings. The number of nitrogens with one attached hydrogen (secondary N) is 1. The standard InChI is InChI=1S/C21H20N2O/c1-16-8-10-17(11-9-16)21(22-18-6-4-3-5-7-18)23-19-12-14-20(24-2)15-13-19/h3-15H,1-2H3,(H,22,23). The molecule has 3 nitrogen and oxygen atoms in total. The minimum Gasteiger partial charge on any atom is -0.497 e. The Morgan fingerprint density at radius 1 is 0.833 bits per heavy atom. The van der Waals surface area contributed by atoms with Gasteiger partial charge in [-0.2, -0.15) is 0 Å². The topological polar surface area (TPSA) is 33.6 Å². The van der Waals surface area contributed by atoms with Crippen molar-refractivity contribution < 1.29 is 4.74 Å². The van der Waals surface area contributed by atoms with Crippen LogP contribution in [-0.2, 0) is 0 Å². The van der Waals surface area contributed by atoms with E-state index in [1.54, 1.807) is 7.11 Å². The summed E-state index contributed by atoms with van der Waals surface area (Å²) in [6.45, 7) is 2.08. The van der Waals surface area contributed by atoms with Gasteiger partial charge in [0.2, 0.25) is 0 Å². The summed E-state index contributed by atoms with van der Waals surface area (Å²) in [4.78, 5) is 4.78. The molecule has 120 valence electrons. The molecule has 0 saturated heterocycles. The molecule has 24 heavy (non-hydrogen) atoms. The number of benzene rings is 3. The highest BCUT2D eigenvalue weighted by Gasteiger charge is 2.05. The van der Waals surface area contributed by atoms with Gasteiger partial charge >= 0.3 is 0 Å². The number of nitrogens with zero attached hydrogens (tertiary/aromatic N) is 1. The van der Waals surface area contributed by atoms with E-state index in [4.69, 9.17) is 9.73 Å². The Kier molecular flexibility index (Phi) is 4.92. The molecule has 0 heterocycles. The third kappa shape index (κ3) is 4.02. The average molecular weight is 316 g/mol. The van der Waals surface area contributed by atoms with Crippen LogP contribution >= 0.6 is 0 Å². The van der Waals surface area contributed by atoms with E-state index in [0.717, 1.165) is 28.5 Å². The molecule has 0 spiro atoms. The lowest BCUT2D eigenvalue weighted by atomic mass is 10.1. The van der Waals surface area contributed by atoms with Crippen molar-refractivity contribution in [2.24, 2.45) is 4.99 Å². The summed E-state index contributed by atoms with van der Waals surface area (Å²) in [5, 5.41) is 3.41. The number of rotatable bonds is 4. The van der Waals surface area contributed by atoms with Gasteiger partial charge in [-0.15, -0.1) is 0 Å². The van der Waals surface area contributed by atoms with Crippen LogP contribution in [0, 0.1) is 6.92 Å². The fourth-order valence-corrected chi connectivity index (χ4v) is 2.32. The molecular weight excluding hydrogens is 296 g/mol. The van der Waals surface area contributed by atoms with E-state index in [2.05, 4.69) is 36.5 Å². The Balaban J connectivity index is 1.96. The molecular formula is C21H20N2O. The SMILES string of the molecule is COc1ccc(N=C(Nc2ccccc2)c2ccc(C)cc2)cc1. The van der Waals surface area contributed by atoms with Crippen molar-refractivity contribution in [3.63, 3.8) is 0 Å². The van der Waals surface area contributed by atoms with Crippen LogP contribution in [0.4, 0.5) is 11.4 Å². The third-order valence-corrected chi connectivity index (χ3v) is 3.67. The molecule has 3 rings (SSSR count). The van der Waals surface area contributed by atoms with E-state index < -0.39 is 0 Å². The fraction of sp³-hybridized carbons (Fsp3) is 0.0952. The van der Waals surface area contributed by atoms with Gasteiger partial charge in [-0.25, -0.2) is 4.99 Å². The van der Waals surface area contributed by atoms with Gasteiger partial charge < -0.3 is 10.1 Å². The van der Waals surface area contributed by atoms with Crippen LogP contribution in [-0.4, -0.2) is 12.9 Å². The zero-order valence-corrected chi connectivity index (χ0v) is 13.9. The summed E-state index contributed by atoms with van der Waals surface area (Å²) in [6, 6.07) is 26.1. The number of hydrogen-bond acceptors (Lipinski definition) is 2. The number of ether oxygens (including phenoxy) is 1. The first-order valence-electron chi connectivity index (χ1n) is 7.86. The lowest BCUT2D eigenvalue weighted by Gasteiger charge is -2.11. The smallest absolute Gasteiger partial charge is 0.138 e. The summed E-state index contributed by atoms with van der Waals surface area (Å²) in [7, 11) is 1.66. The van der Waals surface area contributed by atoms with Crippen LogP contribution in [0.3, 0.4) is 0 Å². The quantitative estimate of drug-likeness (QED) is 0.530. The van der Waals surface area contributed by atoms with Crippen molar-refractivity contribution in [2.75, 3.05) is 12.4 Å². The first kappa shape index (κ1) is 15.8. The van der Waals surface area contributed by atoms with E-state index >= 15 is 0 Å². The van der Waals surface area contributed by atoms with E-state index in [1.807, 2.05) is 54.6 Å². The molecule has 0 fully saturated rings. The van der Waals surface area contributed by atoms with Crippen molar-refractivity contribution in [3.8, 4) is 5.75 Å². The van der Waals surface area contributed by atoms with Crippen LogP contribution in [0.25, 0.3) is 0 Å². The summed E-state index contributed by atoms with van der Waals surface area (Å²) < 4.78 is 5.20. The van der Waals surface area contributed by atoms with Crippen LogP contribution in [0.2, 0.25) is 0 Å². The number of amidine groups is 1. The van der Waals surface area contributed by atoms with Gasteiger partial charge in [-0.1, -0.05) is 48.0 Å². The van der Waals surface area contributed by atoms with Crippen LogP contribution < -0.4 is 10.1 Å². The number of hydrogen-bond donors (Lipinski definition) is 1. The van der Waals surface area contributed by atoms with Crippen molar-refractivity contribution >= 4 is 17.2 Å². The van der Waals surface area contributed by atoms with Gasteiger partial charge in [-0.05, 0) is 43.3 Å². The highest BCUT2D eigenvalue weighted by molar-refractivity contribution is 6.09. The van der Waals surface area contributed by atoms with Gasteiger partial charge in [0.15, 0.2) is 0 Å². The Labute approximate surface area is 142 Å². The maximum Gasteiger partial charge on any atom is 0.138 e. The summed E-state index contributed by atoms with van der Waals surface area (Å²) in [6.07, 6.45) is 0. The average Bonchev–Trinajstić information content (AvgIpc) is 2.63. The number of para-hydroxylation sites is 1. The zero-order chi connectivity index (χ0) is 16.8. The second-order valence-corrected chi connectivity index (χ2v) is 5.52. The van der Waals surface area contributed by atoms with E-state index in [0.29, 0.717) is 0 Å². The highest BCUT2D eigenvalue weighted by atomic mass is 16.5. The van der Waals surface area contributed by atoms with Crippen LogP contribution in [0.5, 0.6) is 5.75 Å². The molecule has 1 N–H and O–H groups in total. The lowest BCUT2D eigenvalue weighted by Crippen LogP contribution is -2.13. The second kappa shape index (κ2) is 7.47. The molecule has 0 atom stereocenters. The predicted molar refractivity (Wildman–Crippen MR) is 100 cm³/mol. The number of aryl methyl sites for hydroxylation is 1. The number of aliphatic imine (C=N–C) groups is 1. The maximum atomic E-state index is 5.20. The largest absolute Gasteiger partial charge is 0.497 e. The van der Waals surface area contributed by atoms with Gasteiger partial charge in [0.1, 0.15) is 11.6 Å². The van der Waals surface area contributed by atoms with E-state index in [1.165, 1.54) is 5.56 Å². The minimum atomic E-state index is 0.811. The summed E-state index contributed by atoms with van der Waals surface area (Å²) in [5.41, 5.74) is 4.14. The van der Waals surface area contributed by atoms with Crippen molar-refractivity contribution in [3.05, 3.63) is 90.0 Å². The summed E-state index contributed by atoms with van der Waals surface area (Å²) in [5.74, 6) is 1.63. The predicted octanol–water partition coefficient (Wildman–Crippen LogP) is 5.19. The van der Waals surface area contributed by atoms with E-state index in [9.17, 15) is 0 Å². The van der Waals surface area contributed by atoms with Gasteiger partial charge in [0.25, 0.3) is 0 Å². The molecule has 0 unspecified atom stereocenters. The summed E-state index contributed by atoms with van der Waals surface area (Å²) >= 11 is 0. The van der Waals surface area contributed by atoms with Gasteiger partial charge in [0.05, 0.1) is 12.8 Å². The maximum absolute atomic E-state index is 5.20. The molecule has 0 radical (unpaired) electrons. The van der Waals surface area contributed by atoms with Crippen molar-refractivity contribution in [1.82, 2.24) is 0 Å². The van der Waals surface area contributed by atoms with E-state index in [-0.39, 0.29) is 0 Å². The molecule has 0 aliphatic carbocycles.